The van der Waals surface area contributed by atoms with Crippen LogP contribution in [0.25, 0.3) is 0 Å². The van der Waals surface area contributed by atoms with E-state index in [0.717, 1.165) is 34.4 Å². The van der Waals surface area contributed by atoms with Crippen LogP contribution in [0.2, 0.25) is 0 Å². The summed E-state index contributed by atoms with van der Waals surface area (Å²) in [4.78, 5) is 16.6. The summed E-state index contributed by atoms with van der Waals surface area (Å²) in [5.41, 5.74) is 1.85. The Morgan fingerprint density at radius 1 is 1.42 bits per heavy atom. The highest BCUT2D eigenvalue weighted by Crippen LogP contribution is 2.20. The molecule has 0 aliphatic carbocycles. The molecule has 4 heteroatoms. The number of hydrogen-bond acceptors (Lipinski definition) is 2. The molecule has 2 aromatic rings. The Hall–Kier alpha value is -1.42. The van der Waals surface area contributed by atoms with E-state index in [1.165, 1.54) is 0 Å². The second-order valence-electron chi connectivity index (χ2n) is 4.62. The minimum atomic E-state index is 0.0930. The van der Waals surface area contributed by atoms with E-state index in [1.54, 1.807) is 6.20 Å². The maximum Gasteiger partial charge on any atom is 0.171 e. The summed E-state index contributed by atoms with van der Waals surface area (Å²) in [6.07, 6.45) is 5.05. The quantitative estimate of drug-likeness (QED) is 0.785. The van der Waals surface area contributed by atoms with Gasteiger partial charge >= 0.3 is 0 Å². The van der Waals surface area contributed by atoms with Crippen LogP contribution in [0.1, 0.15) is 35.1 Å². The van der Waals surface area contributed by atoms with Crippen LogP contribution in [0.5, 0.6) is 0 Å². The molecule has 0 saturated carbocycles. The number of nitrogens with zero attached hydrogens (tertiary/aromatic N) is 2. The fourth-order valence-corrected chi connectivity index (χ4v) is 2.75. The standard InChI is InChI=1S/C15H17BrN2O/c1-3-7-18-8-6-17-15(18)10-14(19)12-5-4-11(2)9-13(12)16/h4-6,8-9H,3,7,10H2,1-2H3. The molecule has 1 heterocycles. The first-order valence-corrected chi connectivity index (χ1v) is 7.20. The van der Waals surface area contributed by atoms with Crippen molar-refractivity contribution in [1.29, 1.82) is 0 Å². The summed E-state index contributed by atoms with van der Waals surface area (Å²) in [6, 6.07) is 5.79. The Morgan fingerprint density at radius 3 is 2.89 bits per heavy atom. The number of carbonyl (C=O) groups excluding carboxylic acids is 1. The van der Waals surface area contributed by atoms with Gasteiger partial charge in [0, 0.05) is 29.0 Å². The lowest BCUT2D eigenvalue weighted by Crippen LogP contribution is -2.10. The Morgan fingerprint density at radius 2 is 2.21 bits per heavy atom. The molecule has 0 bridgehead atoms. The highest BCUT2D eigenvalue weighted by molar-refractivity contribution is 9.10. The van der Waals surface area contributed by atoms with Gasteiger partial charge in [-0.2, -0.15) is 0 Å². The lowest BCUT2D eigenvalue weighted by molar-refractivity contribution is 0.0989. The summed E-state index contributed by atoms with van der Waals surface area (Å²) in [6.45, 7) is 5.02. The van der Waals surface area contributed by atoms with Crippen LogP contribution in [0.15, 0.2) is 35.1 Å². The second-order valence-corrected chi connectivity index (χ2v) is 5.47. The lowest BCUT2D eigenvalue weighted by atomic mass is 10.1. The third kappa shape index (κ3) is 3.32. The van der Waals surface area contributed by atoms with Crippen molar-refractivity contribution in [2.75, 3.05) is 0 Å². The molecule has 2 rings (SSSR count). The van der Waals surface area contributed by atoms with E-state index < -0.39 is 0 Å². The van der Waals surface area contributed by atoms with Crippen LogP contribution in [0.3, 0.4) is 0 Å². The van der Waals surface area contributed by atoms with Crippen LogP contribution in [-0.4, -0.2) is 15.3 Å². The van der Waals surface area contributed by atoms with Crippen molar-refractivity contribution < 1.29 is 4.79 Å². The number of rotatable bonds is 5. The largest absolute Gasteiger partial charge is 0.335 e. The first-order chi connectivity index (χ1) is 9.11. The van der Waals surface area contributed by atoms with Gasteiger partial charge < -0.3 is 4.57 Å². The number of aryl methyl sites for hydroxylation is 2. The molecule has 0 saturated heterocycles. The van der Waals surface area contributed by atoms with Crippen molar-refractivity contribution in [3.05, 3.63) is 52.0 Å². The Balaban J connectivity index is 2.18. The Kier molecular flexibility index (Phi) is 4.53. The predicted octanol–water partition coefficient (Wildman–Crippen LogP) is 3.79. The third-order valence-corrected chi connectivity index (χ3v) is 3.67. The summed E-state index contributed by atoms with van der Waals surface area (Å²) in [5.74, 6) is 0.926. The number of Topliss-reactive ketones (excluding diaryl/α,β-unsaturated/α-hetero) is 1. The smallest absolute Gasteiger partial charge is 0.171 e. The van der Waals surface area contributed by atoms with Crippen molar-refractivity contribution in [1.82, 2.24) is 9.55 Å². The average Bonchev–Trinajstić information content (AvgIpc) is 2.77. The zero-order valence-corrected chi connectivity index (χ0v) is 12.8. The first-order valence-electron chi connectivity index (χ1n) is 6.41. The number of benzene rings is 1. The molecule has 0 unspecified atom stereocenters. The van der Waals surface area contributed by atoms with Crippen molar-refractivity contribution in [3.8, 4) is 0 Å². The molecule has 3 nitrogen and oxygen atoms in total. The molecular weight excluding hydrogens is 304 g/mol. The minimum Gasteiger partial charge on any atom is -0.335 e. The summed E-state index contributed by atoms with van der Waals surface area (Å²) < 4.78 is 2.89. The fourth-order valence-electron chi connectivity index (χ4n) is 2.04. The van der Waals surface area contributed by atoms with E-state index in [-0.39, 0.29) is 5.78 Å². The van der Waals surface area contributed by atoms with E-state index in [4.69, 9.17) is 0 Å². The van der Waals surface area contributed by atoms with Crippen LogP contribution >= 0.6 is 15.9 Å². The topological polar surface area (TPSA) is 34.9 Å². The van der Waals surface area contributed by atoms with Crippen molar-refractivity contribution in [2.45, 2.75) is 33.2 Å². The van der Waals surface area contributed by atoms with Gasteiger partial charge in [-0.3, -0.25) is 4.79 Å². The normalized spacial score (nSPS) is 10.7. The van der Waals surface area contributed by atoms with E-state index in [0.29, 0.717) is 6.42 Å². The number of imidazole rings is 1. The maximum absolute atomic E-state index is 12.3. The lowest BCUT2D eigenvalue weighted by Gasteiger charge is -2.07. The van der Waals surface area contributed by atoms with Crippen molar-refractivity contribution in [2.24, 2.45) is 0 Å². The molecule has 0 aliphatic heterocycles. The number of carbonyl (C=O) groups is 1. The van der Waals surface area contributed by atoms with Crippen LogP contribution in [0.4, 0.5) is 0 Å². The maximum atomic E-state index is 12.3. The van der Waals surface area contributed by atoms with E-state index >= 15 is 0 Å². The van der Waals surface area contributed by atoms with Crippen LogP contribution < -0.4 is 0 Å². The molecule has 0 N–H and O–H groups in total. The van der Waals surface area contributed by atoms with Gasteiger partial charge in [-0.15, -0.1) is 0 Å². The number of halogens is 1. The van der Waals surface area contributed by atoms with Crippen LogP contribution in [-0.2, 0) is 13.0 Å². The van der Waals surface area contributed by atoms with Gasteiger partial charge in [0.05, 0.1) is 6.42 Å². The average molecular weight is 321 g/mol. The number of ketones is 1. The van der Waals surface area contributed by atoms with Gasteiger partial charge in [0.1, 0.15) is 5.82 Å². The van der Waals surface area contributed by atoms with E-state index in [1.807, 2.05) is 35.9 Å². The van der Waals surface area contributed by atoms with Crippen LogP contribution in [0, 0.1) is 6.92 Å². The van der Waals surface area contributed by atoms with Gasteiger partial charge in [-0.25, -0.2) is 4.98 Å². The SMILES string of the molecule is CCCn1ccnc1CC(=O)c1ccc(C)cc1Br. The summed E-state index contributed by atoms with van der Waals surface area (Å²) >= 11 is 3.45. The van der Waals surface area contributed by atoms with Gasteiger partial charge in [-0.05, 0) is 31.0 Å². The Labute approximate surface area is 121 Å². The van der Waals surface area contributed by atoms with Crippen molar-refractivity contribution >= 4 is 21.7 Å². The monoisotopic (exact) mass is 320 g/mol. The molecule has 0 spiro atoms. The number of hydrogen-bond donors (Lipinski definition) is 0. The fraction of sp³-hybridized carbons (Fsp3) is 0.333. The molecule has 19 heavy (non-hydrogen) atoms. The highest BCUT2D eigenvalue weighted by atomic mass is 79.9. The van der Waals surface area contributed by atoms with Gasteiger partial charge in [0.15, 0.2) is 5.78 Å². The molecule has 0 radical (unpaired) electrons. The summed E-state index contributed by atoms with van der Waals surface area (Å²) in [7, 11) is 0. The van der Waals surface area contributed by atoms with E-state index in [9.17, 15) is 4.79 Å². The second kappa shape index (κ2) is 6.15. The van der Waals surface area contributed by atoms with E-state index in [2.05, 4.69) is 27.8 Å². The first kappa shape index (κ1) is 14.0. The predicted molar refractivity (Wildman–Crippen MR) is 79.4 cm³/mol. The van der Waals surface area contributed by atoms with Gasteiger partial charge in [-0.1, -0.05) is 28.9 Å². The molecule has 1 aromatic carbocycles. The molecular formula is C15H17BrN2O. The van der Waals surface area contributed by atoms with Gasteiger partial charge in [0.2, 0.25) is 0 Å². The zero-order chi connectivity index (χ0) is 13.8. The minimum absolute atomic E-state index is 0.0930. The Bertz CT molecular complexity index is 590. The molecule has 0 atom stereocenters. The van der Waals surface area contributed by atoms with Crippen molar-refractivity contribution in [3.63, 3.8) is 0 Å². The third-order valence-electron chi connectivity index (χ3n) is 3.01. The van der Waals surface area contributed by atoms with Gasteiger partial charge in [0.25, 0.3) is 0 Å². The zero-order valence-electron chi connectivity index (χ0n) is 11.2. The highest BCUT2D eigenvalue weighted by Gasteiger charge is 2.13. The molecule has 100 valence electrons. The summed E-state index contributed by atoms with van der Waals surface area (Å²) in [5, 5.41) is 0. The molecule has 0 aliphatic rings. The molecule has 1 aromatic heterocycles. The molecule has 0 amide bonds. The number of aromatic nitrogens is 2. The molecule has 0 fully saturated rings.